The second-order valence-corrected chi connectivity index (χ2v) is 3.72. The smallest absolute Gasteiger partial charge is 0.292 e. The predicted octanol–water partition coefficient (Wildman–Crippen LogP) is 1.38. The summed E-state index contributed by atoms with van der Waals surface area (Å²) < 4.78 is 7.03. The molecule has 0 saturated heterocycles. The van der Waals surface area contributed by atoms with Crippen LogP contribution in [0.4, 0.5) is 0 Å². The average Bonchev–Trinajstić information content (AvgIpc) is 2.29. The highest BCUT2D eigenvalue weighted by molar-refractivity contribution is 5.17. The molecule has 4 nitrogen and oxygen atoms in total. The maximum atomic E-state index is 11.8. The van der Waals surface area contributed by atoms with Crippen LogP contribution in [0.25, 0.3) is 0 Å². The Kier molecular flexibility index (Phi) is 5.64. The van der Waals surface area contributed by atoms with Gasteiger partial charge in [-0.3, -0.25) is 4.79 Å². The minimum absolute atomic E-state index is 0.0931. The van der Waals surface area contributed by atoms with E-state index in [1.165, 1.54) is 0 Å². The van der Waals surface area contributed by atoms with Crippen LogP contribution in [0.2, 0.25) is 0 Å². The molecular formula is C12H20N2O2. The van der Waals surface area contributed by atoms with Gasteiger partial charge >= 0.3 is 0 Å². The third-order valence-corrected chi connectivity index (χ3v) is 2.36. The summed E-state index contributed by atoms with van der Waals surface area (Å²) in [6.07, 6.45) is 5.00. The van der Waals surface area contributed by atoms with Crippen molar-refractivity contribution in [2.24, 2.45) is 5.73 Å². The van der Waals surface area contributed by atoms with Gasteiger partial charge in [0, 0.05) is 19.3 Å². The van der Waals surface area contributed by atoms with Gasteiger partial charge in [-0.15, -0.1) is 0 Å². The van der Waals surface area contributed by atoms with Crippen LogP contribution in [0.1, 0.15) is 26.2 Å². The molecule has 0 fully saturated rings. The fraction of sp³-hybridized carbons (Fsp3) is 0.583. The van der Waals surface area contributed by atoms with Crippen LogP contribution in [0, 0.1) is 0 Å². The van der Waals surface area contributed by atoms with Gasteiger partial charge < -0.3 is 15.0 Å². The molecular weight excluding hydrogens is 204 g/mol. The molecule has 0 radical (unpaired) electrons. The monoisotopic (exact) mass is 224 g/mol. The van der Waals surface area contributed by atoms with Crippen LogP contribution < -0.4 is 16.0 Å². The van der Waals surface area contributed by atoms with E-state index in [2.05, 4.69) is 6.92 Å². The highest BCUT2D eigenvalue weighted by Gasteiger charge is 2.02. The summed E-state index contributed by atoms with van der Waals surface area (Å²) >= 11 is 0. The normalized spacial score (nSPS) is 10.4. The predicted molar refractivity (Wildman–Crippen MR) is 64.8 cm³/mol. The van der Waals surface area contributed by atoms with E-state index in [0.717, 1.165) is 19.3 Å². The molecule has 0 saturated carbocycles. The van der Waals surface area contributed by atoms with Crippen LogP contribution in [-0.2, 0) is 6.54 Å². The first-order valence-electron chi connectivity index (χ1n) is 5.82. The van der Waals surface area contributed by atoms with Crippen LogP contribution in [0.5, 0.6) is 5.75 Å². The third kappa shape index (κ3) is 3.70. The Labute approximate surface area is 96.0 Å². The summed E-state index contributed by atoms with van der Waals surface area (Å²) in [4.78, 5) is 11.8. The molecule has 0 aromatic carbocycles. The Hall–Kier alpha value is -1.29. The molecule has 16 heavy (non-hydrogen) atoms. The molecule has 0 spiro atoms. The van der Waals surface area contributed by atoms with E-state index in [9.17, 15) is 4.79 Å². The van der Waals surface area contributed by atoms with Gasteiger partial charge in [0.15, 0.2) is 5.75 Å². The van der Waals surface area contributed by atoms with Gasteiger partial charge in [-0.25, -0.2) is 0 Å². The molecule has 0 amide bonds. The van der Waals surface area contributed by atoms with E-state index in [1.54, 1.807) is 16.8 Å². The van der Waals surface area contributed by atoms with E-state index >= 15 is 0 Å². The maximum Gasteiger partial charge on any atom is 0.292 e. The van der Waals surface area contributed by atoms with Gasteiger partial charge in [-0.2, -0.15) is 0 Å². The van der Waals surface area contributed by atoms with Gasteiger partial charge in [-0.1, -0.05) is 19.8 Å². The van der Waals surface area contributed by atoms with E-state index in [1.807, 2.05) is 6.07 Å². The summed E-state index contributed by atoms with van der Waals surface area (Å²) in [6.45, 7) is 3.73. The van der Waals surface area contributed by atoms with Crippen molar-refractivity contribution in [2.45, 2.75) is 32.7 Å². The van der Waals surface area contributed by atoms with Crippen molar-refractivity contribution in [1.29, 1.82) is 0 Å². The first-order chi connectivity index (χ1) is 7.79. The largest absolute Gasteiger partial charge is 0.488 e. The number of pyridine rings is 1. The minimum Gasteiger partial charge on any atom is -0.488 e. The minimum atomic E-state index is -0.0931. The van der Waals surface area contributed by atoms with E-state index in [4.69, 9.17) is 10.5 Å². The van der Waals surface area contributed by atoms with Crippen LogP contribution >= 0.6 is 0 Å². The molecule has 0 aliphatic rings. The average molecular weight is 224 g/mol. The van der Waals surface area contributed by atoms with Gasteiger partial charge in [0.25, 0.3) is 5.56 Å². The Bertz CT molecular complexity index is 360. The number of nitrogens with zero attached hydrogens (tertiary/aromatic N) is 1. The van der Waals surface area contributed by atoms with Crippen molar-refractivity contribution >= 4 is 0 Å². The lowest BCUT2D eigenvalue weighted by Crippen LogP contribution is -2.24. The molecule has 4 heteroatoms. The second kappa shape index (κ2) is 7.06. The highest BCUT2D eigenvalue weighted by Crippen LogP contribution is 2.03. The molecule has 1 aromatic heterocycles. The molecule has 0 bridgehead atoms. The van der Waals surface area contributed by atoms with Crippen molar-refractivity contribution in [2.75, 3.05) is 13.2 Å². The standard InChI is InChI=1S/C12H20N2O2/c1-2-3-4-10-16-11-6-5-8-14(9-7-13)12(11)15/h5-6,8H,2-4,7,9-10,13H2,1H3. The zero-order chi connectivity index (χ0) is 11.8. The second-order valence-electron chi connectivity index (χ2n) is 3.72. The fourth-order valence-corrected chi connectivity index (χ4v) is 1.47. The number of hydrogen-bond donors (Lipinski definition) is 1. The van der Waals surface area contributed by atoms with Gasteiger partial charge in [0.05, 0.1) is 6.61 Å². The number of ether oxygens (including phenoxy) is 1. The third-order valence-electron chi connectivity index (χ3n) is 2.36. The summed E-state index contributed by atoms with van der Waals surface area (Å²) in [5.41, 5.74) is 5.33. The van der Waals surface area contributed by atoms with Crippen molar-refractivity contribution in [3.63, 3.8) is 0 Å². The molecule has 1 rings (SSSR count). The summed E-state index contributed by atoms with van der Waals surface area (Å²) in [7, 11) is 0. The molecule has 1 heterocycles. The van der Waals surface area contributed by atoms with Crippen molar-refractivity contribution < 1.29 is 4.74 Å². The van der Waals surface area contributed by atoms with Crippen molar-refractivity contribution in [3.8, 4) is 5.75 Å². The topological polar surface area (TPSA) is 57.2 Å². The Morgan fingerprint density at radius 1 is 1.44 bits per heavy atom. The molecule has 0 aliphatic carbocycles. The summed E-state index contributed by atoms with van der Waals surface area (Å²) in [5, 5.41) is 0. The van der Waals surface area contributed by atoms with Crippen LogP contribution in [0.15, 0.2) is 23.1 Å². The fourth-order valence-electron chi connectivity index (χ4n) is 1.47. The molecule has 1 aromatic rings. The van der Waals surface area contributed by atoms with E-state index in [0.29, 0.717) is 25.4 Å². The first kappa shape index (κ1) is 12.8. The molecule has 2 N–H and O–H groups in total. The molecule has 90 valence electrons. The lowest BCUT2D eigenvalue weighted by Gasteiger charge is -2.08. The SMILES string of the molecule is CCCCCOc1cccn(CCN)c1=O. The van der Waals surface area contributed by atoms with Gasteiger partial charge in [0.2, 0.25) is 0 Å². The Balaban J connectivity index is 2.59. The van der Waals surface area contributed by atoms with Crippen molar-refractivity contribution in [1.82, 2.24) is 4.57 Å². The number of nitrogens with two attached hydrogens (primary N) is 1. The zero-order valence-corrected chi connectivity index (χ0v) is 9.82. The zero-order valence-electron chi connectivity index (χ0n) is 9.82. The Morgan fingerprint density at radius 2 is 2.25 bits per heavy atom. The first-order valence-corrected chi connectivity index (χ1v) is 5.82. The number of rotatable bonds is 7. The van der Waals surface area contributed by atoms with Gasteiger partial charge in [-0.05, 0) is 18.6 Å². The van der Waals surface area contributed by atoms with Gasteiger partial charge in [0.1, 0.15) is 0 Å². The summed E-state index contributed by atoms with van der Waals surface area (Å²) in [5.74, 6) is 0.423. The van der Waals surface area contributed by atoms with E-state index in [-0.39, 0.29) is 5.56 Å². The number of aromatic nitrogens is 1. The lowest BCUT2D eigenvalue weighted by molar-refractivity contribution is 0.299. The molecule has 0 aliphatic heterocycles. The summed E-state index contributed by atoms with van der Waals surface area (Å²) in [6, 6.07) is 3.52. The quantitative estimate of drug-likeness (QED) is 0.712. The molecule has 0 atom stereocenters. The van der Waals surface area contributed by atoms with Crippen LogP contribution in [0.3, 0.4) is 0 Å². The Morgan fingerprint density at radius 3 is 2.94 bits per heavy atom. The highest BCUT2D eigenvalue weighted by atomic mass is 16.5. The number of hydrogen-bond acceptors (Lipinski definition) is 3. The number of unbranched alkanes of at least 4 members (excludes halogenated alkanes) is 2. The lowest BCUT2D eigenvalue weighted by atomic mass is 10.3. The van der Waals surface area contributed by atoms with Crippen LogP contribution in [-0.4, -0.2) is 17.7 Å². The van der Waals surface area contributed by atoms with E-state index < -0.39 is 0 Å². The maximum absolute atomic E-state index is 11.8. The molecule has 0 unspecified atom stereocenters. The van der Waals surface area contributed by atoms with Crippen molar-refractivity contribution in [3.05, 3.63) is 28.7 Å².